The molecule has 0 bridgehead atoms. The first-order chi connectivity index (χ1) is 19.9. The maximum absolute atomic E-state index is 12.7. The molecule has 4 heteroatoms. The molecule has 0 heterocycles. The molecular weight excluding hydrogens is 558 g/mol. The lowest BCUT2D eigenvalue weighted by Gasteiger charge is -1.97. The van der Waals surface area contributed by atoms with Crippen LogP contribution >= 0.6 is 11.6 Å². The monoisotopic (exact) mass is 604 g/mol. The Morgan fingerprint density at radius 1 is 0.628 bits per heavy atom. The van der Waals surface area contributed by atoms with Crippen molar-refractivity contribution < 1.29 is 13.5 Å². The second kappa shape index (κ2) is 21.9. The number of methoxy groups -OCH3 is 1. The highest BCUT2D eigenvalue weighted by molar-refractivity contribution is 6.31. The Balaban J connectivity index is 0.000000608. The average Bonchev–Trinajstić information content (AvgIpc) is 2.93. The molecular formula is C39H47ClF2O. The van der Waals surface area contributed by atoms with Crippen LogP contribution in [0.25, 0.3) is 0 Å². The molecule has 0 fully saturated rings. The lowest BCUT2D eigenvalue weighted by molar-refractivity contribution is 0.415. The smallest absolute Gasteiger partial charge is 0.160 e. The van der Waals surface area contributed by atoms with Gasteiger partial charge in [-0.3, -0.25) is 0 Å². The Morgan fingerprint density at radius 2 is 1.05 bits per heavy atom. The second-order valence-corrected chi connectivity index (χ2v) is 11.4. The number of halogens is 3. The molecule has 0 spiro atoms. The molecule has 1 nitrogen and oxygen atoms in total. The second-order valence-electron chi connectivity index (χ2n) is 11.0. The van der Waals surface area contributed by atoms with Gasteiger partial charge in [-0.2, -0.15) is 0 Å². The van der Waals surface area contributed by atoms with E-state index in [9.17, 15) is 8.78 Å². The number of hydrogen-bond donors (Lipinski definition) is 0. The van der Waals surface area contributed by atoms with E-state index in [0.717, 1.165) is 58.9 Å². The fourth-order valence-electron chi connectivity index (χ4n) is 2.99. The Hall–Kier alpha value is -3.71. The van der Waals surface area contributed by atoms with Crippen molar-refractivity contribution in [2.45, 2.75) is 75.2 Å². The number of ether oxygens (including phenoxy) is 1. The van der Waals surface area contributed by atoms with E-state index >= 15 is 0 Å². The van der Waals surface area contributed by atoms with E-state index in [2.05, 4.69) is 77.1 Å². The summed E-state index contributed by atoms with van der Waals surface area (Å²) in [7, 11) is 1.67. The highest BCUT2D eigenvalue weighted by Gasteiger charge is 2.00. The number of aryl methyl sites for hydroxylation is 1. The first-order valence-corrected chi connectivity index (χ1v) is 14.6. The van der Waals surface area contributed by atoms with Gasteiger partial charge in [-0.25, -0.2) is 8.78 Å². The summed E-state index contributed by atoms with van der Waals surface area (Å²) in [6, 6.07) is 17.4. The molecule has 0 N–H and O–H groups in total. The molecule has 0 atom stereocenters. The molecule has 3 rings (SSSR count). The van der Waals surface area contributed by atoms with Gasteiger partial charge >= 0.3 is 0 Å². The van der Waals surface area contributed by atoms with E-state index in [1.165, 1.54) is 6.07 Å². The van der Waals surface area contributed by atoms with Gasteiger partial charge < -0.3 is 4.74 Å². The van der Waals surface area contributed by atoms with Crippen LogP contribution in [0.1, 0.15) is 90.5 Å². The first-order valence-electron chi connectivity index (χ1n) is 14.2. The van der Waals surface area contributed by atoms with Crippen molar-refractivity contribution in [3.8, 4) is 41.3 Å². The predicted molar refractivity (Wildman–Crippen MR) is 181 cm³/mol. The fourth-order valence-corrected chi connectivity index (χ4v) is 3.17. The molecule has 0 aromatic heterocycles. The van der Waals surface area contributed by atoms with Gasteiger partial charge in [0.2, 0.25) is 0 Å². The lowest BCUT2D eigenvalue weighted by atomic mass is 10.1. The van der Waals surface area contributed by atoms with E-state index < -0.39 is 11.6 Å². The van der Waals surface area contributed by atoms with Crippen LogP contribution in [0, 0.1) is 71.8 Å². The number of rotatable bonds is 4. The van der Waals surface area contributed by atoms with Crippen LogP contribution in [0.5, 0.6) is 5.75 Å². The molecule has 43 heavy (non-hydrogen) atoms. The maximum atomic E-state index is 12.7. The summed E-state index contributed by atoms with van der Waals surface area (Å²) < 4.78 is 30.3. The van der Waals surface area contributed by atoms with Crippen molar-refractivity contribution in [2.75, 3.05) is 7.11 Å². The minimum absolute atomic E-state index is 0. The Morgan fingerprint density at radius 3 is 1.47 bits per heavy atom. The highest BCUT2D eigenvalue weighted by atomic mass is 35.5. The molecule has 0 aliphatic carbocycles. The standard InChI is InChI=1S/C13H15Cl.C13H16O.C12H12F2.CH4/c1-10(2)5-4-6-12-8-7-11(3)13(14)9-12;1-11(2)5-4-6-12-7-9-13(14-3)10-8-12;1-9(2)4-3-5-10-6-7-11(13)12(14)8-10;/h7-10H,5H2,1-3H3;7-11H,5H2,1-3H3;6-9H,4H2,1-2H3;1H4. The van der Waals surface area contributed by atoms with Crippen molar-refractivity contribution in [1.82, 2.24) is 0 Å². The quantitative estimate of drug-likeness (QED) is 0.269. The molecule has 230 valence electrons. The van der Waals surface area contributed by atoms with Crippen LogP contribution in [-0.2, 0) is 0 Å². The van der Waals surface area contributed by atoms with Crippen LogP contribution in [-0.4, -0.2) is 7.11 Å². The van der Waals surface area contributed by atoms with Crippen LogP contribution in [0.3, 0.4) is 0 Å². The molecule has 0 aliphatic rings. The van der Waals surface area contributed by atoms with Crippen molar-refractivity contribution in [3.05, 3.63) is 99.6 Å². The molecule has 0 saturated carbocycles. The molecule has 0 saturated heterocycles. The van der Waals surface area contributed by atoms with Gasteiger partial charge in [-0.1, -0.05) is 102 Å². The fraction of sp³-hybridized carbons (Fsp3) is 0.385. The summed E-state index contributed by atoms with van der Waals surface area (Å²) in [6.07, 6.45) is 2.65. The van der Waals surface area contributed by atoms with Gasteiger partial charge in [-0.05, 0) is 84.8 Å². The topological polar surface area (TPSA) is 9.23 Å². The zero-order valence-corrected chi connectivity index (χ0v) is 26.9. The van der Waals surface area contributed by atoms with Crippen molar-refractivity contribution in [1.29, 1.82) is 0 Å². The molecule has 0 amide bonds. The van der Waals surface area contributed by atoms with Gasteiger partial charge in [0, 0.05) is 41.0 Å². The van der Waals surface area contributed by atoms with Gasteiger partial charge in [0.25, 0.3) is 0 Å². The summed E-state index contributed by atoms with van der Waals surface area (Å²) in [4.78, 5) is 0. The van der Waals surface area contributed by atoms with Gasteiger partial charge in [-0.15, -0.1) is 0 Å². The third-order valence-corrected chi connectivity index (χ3v) is 5.82. The third kappa shape index (κ3) is 18.4. The van der Waals surface area contributed by atoms with Crippen LogP contribution < -0.4 is 4.74 Å². The maximum Gasteiger partial charge on any atom is 0.160 e. The Kier molecular flexibility index (Phi) is 20.0. The van der Waals surface area contributed by atoms with Crippen molar-refractivity contribution in [2.24, 2.45) is 17.8 Å². The molecule has 0 aliphatic heterocycles. The molecule has 0 radical (unpaired) electrons. The van der Waals surface area contributed by atoms with Crippen LogP contribution in [0.4, 0.5) is 8.78 Å². The predicted octanol–water partition coefficient (Wildman–Crippen LogP) is 11.1. The average molecular weight is 605 g/mol. The summed E-state index contributed by atoms with van der Waals surface area (Å²) in [5.74, 6) is 19.2. The van der Waals surface area contributed by atoms with Crippen molar-refractivity contribution >= 4 is 11.6 Å². The number of hydrogen-bond acceptors (Lipinski definition) is 1. The van der Waals surface area contributed by atoms with Gasteiger partial charge in [0.05, 0.1) is 7.11 Å². The highest BCUT2D eigenvalue weighted by Crippen LogP contribution is 2.16. The van der Waals surface area contributed by atoms with E-state index in [0.29, 0.717) is 23.3 Å². The Labute approximate surface area is 265 Å². The van der Waals surface area contributed by atoms with Crippen molar-refractivity contribution in [3.63, 3.8) is 0 Å². The summed E-state index contributed by atoms with van der Waals surface area (Å²) in [6.45, 7) is 14.8. The molecule has 0 unspecified atom stereocenters. The first kappa shape index (κ1) is 39.3. The Bertz CT molecular complexity index is 1340. The zero-order valence-electron chi connectivity index (χ0n) is 26.2. The van der Waals surface area contributed by atoms with Crippen LogP contribution in [0.2, 0.25) is 5.02 Å². The van der Waals surface area contributed by atoms with Gasteiger partial charge in [0.1, 0.15) is 5.75 Å². The normalized spacial score (nSPS) is 9.44. The van der Waals surface area contributed by atoms with Gasteiger partial charge in [0.15, 0.2) is 11.6 Å². The van der Waals surface area contributed by atoms with E-state index in [4.69, 9.17) is 16.3 Å². The summed E-state index contributed by atoms with van der Waals surface area (Å²) in [5.41, 5.74) is 3.67. The van der Waals surface area contributed by atoms with E-state index in [1.54, 1.807) is 7.11 Å². The third-order valence-electron chi connectivity index (χ3n) is 5.41. The minimum Gasteiger partial charge on any atom is -0.497 e. The lowest BCUT2D eigenvalue weighted by Crippen LogP contribution is -1.85. The zero-order chi connectivity index (χ0) is 31.5. The minimum atomic E-state index is -0.846. The van der Waals surface area contributed by atoms with E-state index in [-0.39, 0.29) is 7.43 Å². The van der Waals surface area contributed by atoms with E-state index in [1.807, 2.05) is 49.4 Å². The van der Waals surface area contributed by atoms with Crippen LogP contribution in [0.15, 0.2) is 60.7 Å². The SMILES string of the molecule is C.CC(C)CC#Cc1ccc(F)c(F)c1.COc1ccc(C#CCC(C)C)cc1.Cc1ccc(C#CCC(C)C)cc1Cl. The number of benzene rings is 3. The summed E-state index contributed by atoms with van der Waals surface area (Å²) >= 11 is 5.99. The largest absolute Gasteiger partial charge is 0.497 e. The molecule has 3 aromatic rings. The summed E-state index contributed by atoms with van der Waals surface area (Å²) in [5, 5.41) is 0.793. The molecule has 3 aromatic carbocycles.